The summed E-state index contributed by atoms with van der Waals surface area (Å²) >= 11 is 6.25. The smallest absolute Gasteiger partial charge is 0.226 e. The van der Waals surface area contributed by atoms with Gasteiger partial charge < -0.3 is 5.32 Å². The van der Waals surface area contributed by atoms with E-state index in [1.165, 1.54) is 19.3 Å². The molecule has 2 heterocycles. The monoisotopic (exact) mass is 305 g/mol. The Balaban J connectivity index is 1.94. The molecule has 0 aliphatic heterocycles. The first kappa shape index (κ1) is 14.4. The number of halogens is 1. The second-order valence-electron chi connectivity index (χ2n) is 5.92. The zero-order valence-electron chi connectivity index (χ0n) is 12.6. The maximum Gasteiger partial charge on any atom is 0.226 e. The van der Waals surface area contributed by atoms with Crippen molar-refractivity contribution >= 4 is 28.7 Å². The first-order chi connectivity index (χ1) is 10.0. The van der Waals surface area contributed by atoms with Crippen molar-refractivity contribution in [2.45, 2.75) is 52.5 Å². The van der Waals surface area contributed by atoms with Gasteiger partial charge in [0.1, 0.15) is 5.52 Å². The van der Waals surface area contributed by atoms with Gasteiger partial charge in [-0.05, 0) is 32.6 Å². The highest BCUT2D eigenvalue weighted by Gasteiger charge is 2.22. The number of fused-ring (bicyclic) bond motifs is 1. The van der Waals surface area contributed by atoms with Crippen LogP contribution >= 0.6 is 11.6 Å². The molecule has 3 rings (SSSR count). The number of aryl methyl sites for hydroxylation is 2. The molecule has 2 unspecified atom stereocenters. The summed E-state index contributed by atoms with van der Waals surface area (Å²) in [5.41, 5.74) is 2.86. The molecule has 0 bridgehead atoms. The van der Waals surface area contributed by atoms with E-state index in [0.717, 1.165) is 17.8 Å². The largest absolute Gasteiger partial charge is 0.351 e. The maximum absolute atomic E-state index is 6.25. The Hall–Kier alpha value is -1.49. The summed E-state index contributed by atoms with van der Waals surface area (Å²) in [6, 6.07) is 0.409. The number of anilines is 1. The summed E-state index contributed by atoms with van der Waals surface area (Å²) in [5.74, 6) is 1.19. The molecule has 0 spiro atoms. The molecule has 0 radical (unpaired) electrons. The SMILES string of the molecule is Cc1nc2nc(NC3CCCCC3C)nc(Cl)c2nc1C. The fourth-order valence-electron chi connectivity index (χ4n) is 2.84. The molecule has 2 atom stereocenters. The Morgan fingerprint density at radius 1 is 1.00 bits per heavy atom. The molecule has 2 aromatic heterocycles. The molecule has 21 heavy (non-hydrogen) atoms. The summed E-state index contributed by atoms with van der Waals surface area (Å²) in [4.78, 5) is 17.7. The van der Waals surface area contributed by atoms with Crippen LogP contribution in [0.4, 0.5) is 5.95 Å². The Bertz CT molecular complexity index is 673. The Morgan fingerprint density at radius 2 is 1.71 bits per heavy atom. The standard InChI is InChI=1S/C15H20ClN5/c1-8-6-4-5-7-11(8)19-15-20-13(16)12-14(21-15)18-10(3)9(2)17-12/h8,11H,4-7H2,1-3H3,(H,18,19,20,21). The molecule has 1 N–H and O–H groups in total. The molecule has 112 valence electrons. The van der Waals surface area contributed by atoms with Crippen molar-refractivity contribution in [2.75, 3.05) is 5.32 Å². The van der Waals surface area contributed by atoms with Crippen molar-refractivity contribution < 1.29 is 0 Å². The van der Waals surface area contributed by atoms with Crippen LogP contribution in [0.2, 0.25) is 5.15 Å². The highest BCUT2D eigenvalue weighted by Crippen LogP contribution is 2.27. The number of hydrogen-bond donors (Lipinski definition) is 1. The van der Waals surface area contributed by atoms with Crippen molar-refractivity contribution in [1.82, 2.24) is 19.9 Å². The Morgan fingerprint density at radius 3 is 2.48 bits per heavy atom. The van der Waals surface area contributed by atoms with Crippen LogP contribution in [0.25, 0.3) is 11.2 Å². The van der Waals surface area contributed by atoms with Gasteiger partial charge in [-0.25, -0.2) is 9.97 Å². The average Bonchev–Trinajstić information content (AvgIpc) is 2.44. The number of hydrogen-bond acceptors (Lipinski definition) is 5. The number of rotatable bonds is 2. The summed E-state index contributed by atoms with van der Waals surface area (Å²) in [6.45, 7) is 6.11. The lowest BCUT2D eigenvalue weighted by Crippen LogP contribution is -2.31. The van der Waals surface area contributed by atoms with Crippen molar-refractivity contribution in [2.24, 2.45) is 5.92 Å². The first-order valence-corrected chi connectivity index (χ1v) is 7.87. The minimum Gasteiger partial charge on any atom is -0.351 e. The number of nitrogens with one attached hydrogen (secondary N) is 1. The third kappa shape index (κ3) is 2.93. The van der Waals surface area contributed by atoms with Crippen LogP contribution in [0.5, 0.6) is 0 Å². The third-order valence-corrected chi connectivity index (χ3v) is 4.59. The molecule has 6 heteroatoms. The van der Waals surface area contributed by atoms with Gasteiger partial charge in [-0.2, -0.15) is 9.97 Å². The normalized spacial score (nSPS) is 22.5. The van der Waals surface area contributed by atoms with Crippen LogP contribution < -0.4 is 5.32 Å². The molecule has 2 aromatic rings. The van der Waals surface area contributed by atoms with Crippen LogP contribution in [0.1, 0.15) is 44.0 Å². The van der Waals surface area contributed by atoms with Gasteiger partial charge in [0.25, 0.3) is 0 Å². The minimum absolute atomic E-state index is 0.363. The van der Waals surface area contributed by atoms with E-state index in [-0.39, 0.29) is 0 Å². The Labute approximate surface area is 129 Å². The fraction of sp³-hybridized carbons (Fsp3) is 0.600. The van der Waals surface area contributed by atoms with E-state index in [0.29, 0.717) is 34.2 Å². The van der Waals surface area contributed by atoms with Crippen molar-refractivity contribution in [3.8, 4) is 0 Å². The number of nitrogens with zero attached hydrogens (tertiary/aromatic N) is 4. The molecular formula is C15H20ClN5. The summed E-state index contributed by atoms with van der Waals surface area (Å²) in [7, 11) is 0. The van der Waals surface area contributed by atoms with Crippen molar-refractivity contribution in [3.05, 3.63) is 16.5 Å². The molecule has 0 saturated heterocycles. The van der Waals surface area contributed by atoms with Crippen LogP contribution in [0.3, 0.4) is 0 Å². The molecule has 0 aromatic carbocycles. The van der Waals surface area contributed by atoms with Gasteiger partial charge in [-0.15, -0.1) is 0 Å². The van der Waals surface area contributed by atoms with Crippen LogP contribution in [0, 0.1) is 19.8 Å². The van der Waals surface area contributed by atoms with Gasteiger partial charge in [0, 0.05) is 6.04 Å². The zero-order chi connectivity index (χ0) is 15.0. The molecule has 0 amide bonds. The number of aromatic nitrogens is 4. The van der Waals surface area contributed by atoms with E-state index >= 15 is 0 Å². The summed E-state index contributed by atoms with van der Waals surface area (Å²) < 4.78 is 0. The van der Waals surface area contributed by atoms with E-state index in [4.69, 9.17) is 11.6 Å². The van der Waals surface area contributed by atoms with E-state index in [1.807, 2.05) is 13.8 Å². The topological polar surface area (TPSA) is 63.6 Å². The van der Waals surface area contributed by atoms with Gasteiger partial charge in [0.05, 0.1) is 11.4 Å². The first-order valence-electron chi connectivity index (χ1n) is 7.49. The summed E-state index contributed by atoms with van der Waals surface area (Å²) in [5, 5.41) is 3.79. The fourth-order valence-corrected chi connectivity index (χ4v) is 3.05. The molecule has 1 aliphatic carbocycles. The molecule has 1 fully saturated rings. The average molecular weight is 306 g/mol. The quantitative estimate of drug-likeness (QED) is 0.857. The maximum atomic E-state index is 6.25. The van der Waals surface area contributed by atoms with Crippen LogP contribution in [-0.4, -0.2) is 26.0 Å². The third-order valence-electron chi connectivity index (χ3n) is 4.33. The van der Waals surface area contributed by atoms with Crippen molar-refractivity contribution in [1.29, 1.82) is 0 Å². The van der Waals surface area contributed by atoms with Crippen LogP contribution in [-0.2, 0) is 0 Å². The van der Waals surface area contributed by atoms with Gasteiger partial charge in [-0.1, -0.05) is 31.4 Å². The van der Waals surface area contributed by atoms with Gasteiger partial charge >= 0.3 is 0 Å². The second kappa shape index (κ2) is 5.72. The zero-order valence-corrected chi connectivity index (χ0v) is 13.4. The van der Waals surface area contributed by atoms with Gasteiger partial charge in [0.15, 0.2) is 10.8 Å². The van der Waals surface area contributed by atoms with E-state index in [1.54, 1.807) is 0 Å². The molecule has 1 aliphatic rings. The molecular weight excluding hydrogens is 286 g/mol. The van der Waals surface area contributed by atoms with Crippen LogP contribution in [0.15, 0.2) is 0 Å². The van der Waals surface area contributed by atoms with Gasteiger partial charge in [0.2, 0.25) is 5.95 Å². The van der Waals surface area contributed by atoms with Crippen molar-refractivity contribution in [3.63, 3.8) is 0 Å². The van der Waals surface area contributed by atoms with Gasteiger partial charge in [-0.3, -0.25) is 0 Å². The molecule has 1 saturated carbocycles. The Kier molecular flexibility index (Phi) is 3.93. The van der Waals surface area contributed by atoms with E-state index in [2.05, 4.69) is 32.2 Å². The lowest BCUT2D eigenvalue weighted by molar-refractivity contribution is 0.348. The lowest BCUT2D eigenvalue weighted by Gasteiger charge is -2.29. The second-order valence-corrected chi connectivity index (χ2v) is 6.28. The highest BCUT2D eigenvalue weighted by molar-refractivity contribution is 6.33. The molecule has 5 nitrogen and oxygen atoms in total. The van der Waals surface area contributed by atoms with E-state index in [9.17, 15) is 0 Å². The predicted octanol–water partition coefficient (Wildman–Crippen LogP) is 3.68. The predicted molar refractivity (Wildman–Crippen MR) is 84.7 cm³/mol. The highest BCUT2D eigenvalue weighted by atomic mass is 35.5. The summed E-state index contributed by atoms with van der Waals surface area (Å²) in [6.07, 6.45) is 4.96. The minimum atomic E-state index is 0.363. The van der Waals surface area contributed by atoms with E-state index < -0.39 is 0 Å². The lowest BCUT2D eigenvalue weighted by atomic mass is 9.86.